The topological polar surface area (TPSA) is 115 Å². The number of hydrogen-bond acceptors (Lipinski definition) is 5. The van der Waals surface area contributed by atoms with Crippen molar-refractivity contribution in [2.24, 2.45) is 0 Å². The zero-order valence-corrected chi connectivity index (χ0v) is 15.5. The molecule has 0 fully saturated rings. The average molecular weight is 409 g/mol. The number of aromatic nitrogens is 5. The van der Waals surface area contributed by atoms with Gasteiger partial charge >= 0.3 is 5.97 Å². The van der Waals surface area contributed by atoms with Crippen molar-refractivity contribution in [3.05, 3.63) is 58.1 Å². The summed E-state index contributed by atoms with van der Waals surface area (Å²) in [5.41, 5.74) is 1.07. The molecule has 9 nitrogen and oxygen atoms in total. The fraction of sp³-hybridized carbons (Fsp3) is 0.188. The van der Waals surface area contributed by atoms with Crippen LogP contribution in [0.15, 0.2) is 36.9 Å². The van der Waals surface area contributed by atoms with Crippen LogP contribution >= 0.6 is 23.2 Å². The van der Waals surface area contributed by atoms with E-state index in [0.29, 0.717) is 16.6 Å². The molecule has 0 saturated heterocycles. The molecular formula is C16H14Cl2N6O3. The lowest BCUT2D eigenvalue weighted by molar-refractivity contribution is -0.140. The van der Waals surface area contributed by atoms with Crippen molar-refractivity contribution < 1.29 is 14.7 Å². The second kappa shape index (κ2) is 7.77. The lowest BCUT2D eigenvalue weighted by Gasteiger charge is -2.05. The Labute approximate surface area is 163 Å². The van der Waals surface area contributed by atoms with E-state index in [2.05, 4.69) is 20.5 Å². The van der Waals surface area contributed by atoms with Gasteiger partial charge in [0.2, 0.25) is 5.95 Å². The van der Waals surface area contributed by atoms with Crippen LogP contribution in [0.2, 0.25) is 10.0 Å². The third-order valence-electron chi connectivity index (χ3n) is 3.71. The molecule has 1 amide bonds. The summed E-state index contributed by atoms with van der Waals surface area (Å²) in [5, 5.41) is 20.5. The van der Waals surface area contributed by atoms with Crippen molar-refractivity contribution in [1.82, 2.24) is 24.5 Å². The molecule has 11 heteroatoms. The van der Waals surface area contributed by atoms with Gasteiger partial charge in [0.05, 0.1) is 28.4 Å². The fourth-order valence-corrected chi connectivity index (χ4v) is 2.53. The van der Waals surface area contributed by atoms with Crippen molar-refractivity contribution in [2.45, 2.75) is 19.5 Å². The molecule has 140 valence electrons. The van der Waals surface area contributed by atoms with E-state index < -0.39 is 17.9 Å². The first-order valence-corrected chi connectivity index (χ1v) is 8.51. The quantitative estimate of drug-likeness (QED) is 0.647. The molecule has 2 aromatic heterocycles. The highest BCUT2D eigenvalue weighted by molar-refractivity contribution is 6.42. The zero-order valence-electron chi connectivity index (χ0n) is 14.0. The highest BCUT2D eigenvalue weighted by Gasteiger charge is 2.17. The summed E-state index contributed by atoms with van der Waals surface area (Å²) in [6.07, 6.45) is 4.09. The molecule has 1 aromatic carbocycles. The second-order valence-corrected chi connectivity index (χ2v) is 6.51. The summed E-state index contributed by atoms with van der Waals surface area (Å²) in [5.74, 6) is -1.43. The largest absolute Gasteiger partial charge is 0.480 e. The Morgan fingerprint density at radius 2 is 2.07 bits per heavy atom. The monoisotopic (exact) mass is 408 g/mol. The number of carbonyl (C=O) groups is 2. The maximum absolute atomic E-state index is 12.2. The number of carboxylic acids is 1. The lowest BCUT2D eigenvalue weighted by atomic mass is 10.2. The molecule has 0 aliphatic carbocycles. The summed E-state index contributed by atoms with van der Waals surface area (Å²) < 4.78 is 2.72. The Balaban J connectivity index is 1.65. The maximum atomic E-state index is 12.2. The highest BCUT2D eigenvalue weighted by Crippen LogP contribution is 2.23. The van der Waals surface area contributed by atoms with Crippen LogP contribution in [0.4, 0.5) is 5.95 Å². The minimum atomic E-state index is -1.05. The van der Waals surface area contributed by atoms with Crippen LogP contribution in [0.3, 0.4) is 0 Å². The van der Waals surface area contributed by atoms with Gasteiger partial charge < -0.3 is 5.11 Å². The molecule has 0 saturated carbocycles. The molecule has 0 aliphatic rings. The van der Waals surface area contributed by atoms with Crippen molar-refractivity contribution in [3.8, 4) is 0 Å². The number of rotatable bonds is 6. The average Bonchev–Trinajstić information content (AvgIpc) is 3.27. The number of carboxylic acid groups (broad SMARTS) is 1. The van der Waals surface area contributed by atoms with Crippen molar-refractivity contribution in [2.75, 3.05) is 5.32 Å². The minimum absolute atomic E-state index is 0.110. The summed E-state index contributed by atoms with van der Waals surface area (Å²) in [7, 11) is 0. The molecule has 3 aromatic rings. The summed E-state index contributed by atoms with van der Waals surface area (Å²) in [4.78, 5) is 27.2. The molecular weight excluding hydrogens is 395 g/mol. The third-order valence-corrected chi connectivity index (χ3v) is 4.45. The highest BCUT2D eigenvalue weighted by atomic mass is 35.5. The predicted octanol–water partition coefficient (Wildman–Crippen LogP) is 2.73. The molecule has 1 unspecified atom stereocenters. The number of carbonyl (C=O) groups excluding carboxylic acids is 1. The van der Waals surface area contributed by atoms with Crippen LogP contribution in [0.5, 0.6) is 0 Å². The Kier molecular flexibility index (Phi) is 5.43. The van der Waals surface area contributed by atoms with Crippen molar-refractivity contribution in [1.29, 1.82) is 0 Å². The van der Waals surface area contributed by atoms with Gasteiger partial charge in [0.25, 0.3) is 5.91 Å². The van der Waals surface area contributed by atoms with E-state index in [1.54, 1.807) is 12.1 Å². The number of halogens is 2. The number of hydrogen-bond donors (Lipinski definition) is 2. The number of benzene rings is 1. The minimum Gasteiger partial charge on any atom is -0.480 e. The van der Waals surface area contributed by atoms with E-state index in [4.69, 9.17) is 28.3 Å². The maximum Gasteiger partial charge on any atom is 0.328 e. The number of nitrogens with one attached hydrogen (secondary N) is 1. The zero-order chi connectivity index (χ0) is 19.6. The summed E-state index contributed by atoms with van der Waals surface area (Å²) >= 11 is 11.9. The molecule has 0 bridgehead atoms. The first-order valence-electron chi connectivity index (χ1n) is 7.75. The smallest absolute Gasteiger partial charge is 0.328 e. The Morgan fingerprint density at radius 3 is 2.78 bits per heavy atom. The van der Waals surface area contributed by atoms with Crippen LogP contribution in [0, 0.1) is 0 Å². The third kappa shape index (κ3) is 4.44. The molecule has 0 spiro atoms. The number of aliphatic carboxylic acids is 1. The molecule has 1 atom stereocenters. The van der Waals surface area contributed by atoms with Gasteiger partial charge in [-0.15, -0.1) is 5.10 Å². The van der Waals surface area contributed by atoms with Gasteiger partial charge in [-0.05, 0) is 24.6 Å². The van der Waals surface area contributed by atoms with E-state index in [0.717, 1.165) is 5.56 Å². The SMILES string of the molecule is CC(C(=O)O)n1cc(C(=O)Nc2ncn(Cc3ccc(Cl)c(Cl)c3)n2)cn1. The van der Waals surface area contributed by atoms with Gasteiger partial charge in [-0.1, -0.05) is 29.3 Å². The molecule has 3 rings (SSSR count). The second-order valence-electron chi connectivity index (χ2n) is 5.69. The Bertz CT molecular complexity index is 1000. The first-order chi connectivity index (χ1) is 12.8. The van der Waals surface area contributed by atoms with Gasteiger partial charge in [0.15, 0.2) is 0 Å². The van der Waals surface area contributed by atoms with Crippen LogP contribution in [0.25, 0.3) is 0 Å². The molecule has 27 heavy (non-hydrogen) atoms. The van der Waals surface area contributed by atoms with Gasteiger partial charge in [-0.2, -0.15) is 5.10 Å². The van der Waals surface area contributed by atoms with Gasteiger partial charge in [0.1, 0.15) is 12.4 Å². The Morgan fingerprint density at radius 1 is 1.30 bits per heavy atom. The van der Waals surface area contributed by atoms with E-state index in [9.17, 15) is 9.59 Å². The van der Waals surface area contributed by atoms with E-state index >= 15 is 0 Å². The molecule has 0 aliphatic heterocycles. The first kappa shape index (κ1) is 18.9. The van der Waals surface area contributed by atoms with Crippen LogP contribution in [-0.2, 0) is 11.3 Å². The van der Waals surface area contributed by atoms with Crippen molar-refractivity contribution in [3.63, 3.8) is 0 Å². The van der Waals surface area contributed by atoms with Crippen LogP contribution in [-0.4, -0.2) is 41.5 Å². The number of nitrogens with zero attached hydrogens (tertiary/aromatic N) is 5. The van der Waals surface area contributed by atoms with Gasteiger partial charge in [-0.3, -0.25) is 14.8 Å². The van der Waals surface area contributed by atoms with E-state index in [1.165, 1.54) is 35.0 Å². The Hall–Kier alpha value is -2.91. The normalized spacial score (nSPS) is 12.0. The van der Waals surface area contributed by atoms with Gasteiger partial charge in [-0.25, -0.2) is 14.5 Å². The van der Waals surface area contributed by atoms with E-state index in [1.807, 2.05) is 6.07 Å². The van der Waals surface area contributed by atoms with E-state index in [-0.39, 0.29) is 11.5 Å². The summed E-state index contributed by atoms with van der Waals surface area (Å²) in [6.45, 7) is 1.86. The number of anilines is 1. The fourth-order valence-electron chi connectivity index (χ4n) is 2.21. The van der Waals surface area contributed by atoms with Crippen LogP contribution < -0.4 is 5.32 Å². The molecule has 2 heterocycles. The standard InChI is InChI=1S/C16H14Cl2N6O3/c1-9(15(26)27)24-7-11(5-20-24)14(25)21-16-19-8-23(22-16)6-10-2-3-12(17)13(18)4-10/h2-5,7-9H,6H2,1H3,(H,26,27)(H,21,22,25). The molecule has 0 radical (unpaired) electrons. The van der Waals surface area contributed by atoms with Crippen molar-refractivity contribution >= 4 is 41.0 Å². The van der Waals surface area contributed by atoms with Crippen LogP contribution in [0.1, 0.15) is 28.9 Å². The summed E-state index contributed by atoms with van der Waals surface area (Å²) in [6, 6.07) is 4.35. The number of amides is 1. The lowest BCUT2D eigenvalue weighted by Crippen LogP contribution is -2.16. The van der Waals surface area contributed by atoms with Gasteiger partial charge in [0, 0.05) is 6.20 Å². The predicted molar refractivity (Wildman–Crippen MR) is 98.1 cm³/mol. The molecule has 2 N–H and O–H groups in total.